The molecule has 0 radical (unpaired) electrons. The molecule has 2 N–H and O–H groups in total. The Bertz CT molecular complexity index is 434. The number of rotatable bonds is 7. The van der Waals surface area contributed by atoms with Crippen LogP contribution in [0.25, 0.3) is 0 Å². The minimum atomic E-state index is -0.803. The van der Waals surface area contributed by atoms with Gasteiger partial charge in [-0.25, -0.2) is 4.79 Å². The highest BCUT2D eigenvalue weighted by atomic mass is 16.4. The molecule has 5 heteroatoms. The third-order valence-corrected chi connectivity index (χ3v) is 3.08. The summed E-state index contributed by atoms with van der Waals surface area (Å²) < 4.78 is 0. The van der Waals surface area contributed by atoms with Crippen LogP contribution < -0.4 is 10.2 Å². The van der Waals surface area contributed by atoms with E-state index in [1.54, 1.807) is 4.90 Å². The number of hydrogen-bond donors (Lipinski definition) is 2. The van der Waals surface area contributed by atoms with Crippen LogP contribution in [0.1, 0.15) is 26.7 Å². The van der Waals surface area contributed by atoms with Gasteiger partial charge in [0.05, 0.1) is 0 Å². The lowest BCUT2D eigenvalue weighted by Gasteiger charge is -2.22. The number of hydrogen-bond acceptors (Lipinski definition) is 2. The number of carbonyl (C=O) groups is 2. The fourth-order valence-electron chi connectivity index (χ4n) is 1.88. The number of para-hydroxylation sites is 1. The number of carboxylic acid groups (broad SMARTS) is 1. The van der Waals surface area contributed by atoms with Crippen LogP contribution in [0.15, 0.2) is 30.3 Å². The predicted octanol–water partition coefficient (Wildman–Crippen LogP) is 2.72. The first-order valence-electron chi connectivity index (χ1n) is 6.86. The molecule has 1 aromatic carbocycles. The van der Waals surface area contributed by atoms with Gasteiger partial charge < -0.3 is 10.4 Å². The summed E-state index contributed by atoms with van der Waals surface area (Å²) in [6.45, 7) is 4.91. The van der Waals surface area contributed by atoms with Crippen molar-refractivity contribution in [3.63, 3.8) is 0 Å². The van der Waals surface area contributed by atoms with Crippen molar-refractivity contribution in [3.8, 4) is 0 Å². The van der Waals surface area contributed by atoms with E-state index >= 15 is 0 Å². The summed E-state index contributed by atoms with van der Waals surface area (Å²) in [5.41, 5.74) is 0.852. The first-order chi connectivity index (χ1) is 9.54. The molecular weight excluding hydrogens is 256 g/mol. The molecule has 20 heavy (non-hydrogen) atoms. The maximum absolute atomic E-state index is 12.1. The first kappa shape index (κ1) is 16.0. The number of anilines is 1. The molecule has 0 aliphatic carbocycles. The highest BCUT2D eigenvalue weighted by Gasteiger charge is 2.14. The third-order valence-electron chi connectivity index (χ3n) is 3.08. The third kappa shape index (κ3) is 5.30. The minimum Gasteiger partial charge on any atom is -0.481 e. The van der Waals surface area contributed by atoms with Crippen LogP contribution in [-0.4, -0.2) is 30.2 Å². The molecule has 0 aromatic heterocycles. The molecule has 1 aromatic rings. The van der Waals surface area contributed by atoms with Gasteiger partial charge in [-0.1, -0.05) is 25.1 Å². The zero-order valence-corrected chi connectivity index (χ0v) is 12.0. The zero-order valence-electron chi connectivity index (χ0n) is 12.0. The highest BCUT2D eigenvalue weighted by Crippen LogP contribution is 2.13. The summed E-state index contributed by atoms with van der Waals surface area (Å²) >= 11 is 0. The Kier molecular flexibility index (Phi) is 6.56. The Morgan fingerprint density at radius 1 is 1.30 bits per heavy atom. The van der Waals surface area contributed by atoms with Crippen LogP contribution in [0.2, 0.25) is 0 Å². The summed E-state index contributed by atoms with van der Waals surface area (Å²) in [6.07, 6.45) is 0.695. The first-order valence-corrected chi connectivity index (χ1v) is 6.86. The van der Waals surface area contributed by atoms with Crippen LogP contribution in [0.5, 0.6) is 0 Å². The van der Waals surface area contributed by atoms with Gasteiger partial charge in [-0.3, -0.25) is 9.69 Å². The van der Waals surface area contributed by atoms with Crippen molar-refractivity contribution >= 4 is 17.7 Å². The number of carbonyl (C=O) groups excluding carboxylic acids is 1. The summed E-state index contributed by atoms with van der Waals surface area (Å²) in [4.78, 5) is 24.3. The number of urea groups is 1. The molecule has 1 rings (SSSR count). The van der Waals surface area contributed by atoms with E-state index in [9.17, 15) is 9.59 Å². The maximum Gasteiger partial charge on any atom is 0.321 e. The smallest absolute Gasteiger partial charge is 0.321 e. The van der Waals surface area contributed by atoms with Gasteiger partial charge in [-0.05, 0) is 31.4 Å². The van der Waals surface area contributed by atoms with E-state index in [1.807, 2.05) is 44.2 Å². The van der Waals surface area contributed by atoms with Crippen molar-refractivity contribution in [2.45, 2.75) is 26.7 Å². The standard InChI is InChI=1S/C15H22N2O3/c1-3-17(13-7-5-4-6-8-13)15(20)16-11-12(2)9-10-14(18)19/h4-8,12H,3,9-11H2,1-2H3,(H,16,20)(H,18,19). The summed E-state index contributed by atoms with van der Waals surface area (Å²) in [6, 6.07) is 9.30. The average molecular weight is 278 g/mol. The second kappa shape index (κ2) is 8.19. The molecule has 0 saturated heterocycles. The Hall–Kier alpha value is -2.04. The van der Waals surface area contributed by atoms with E-state index in [2.05, 4.69) is 5.32 Å². The van der Waals surface area contributed by atoms with E-state index in [-0.39, 0.29) is 18.4 Å². The molecule has 2 amide bonds. The second-order valence-electron chi connectivity index (χ2n) is 4.80. The summed E-state index contributed by atoms with van der Waals surface area (Å²) in [5.74, 6) is -0.660. The van der Waals surface area contributed by atoms with Crippen LogP contribution in [-0.2, 0) is 4.79 Å². The topological polar surface area (TPSA) is 69.6 Å². The lowest BCUT2D eigenvalue weighted by molar-refractivity contribution is -0.137. The molecule has 0 spiro atoms. The van der Waals surface area contributed by atoms with Gasteiger partial charge >= 0.3 is 12.0 Å². The lowest BCUT2D eigenvalue weighted by Crippen LogP contribution is -2.41. The van der Waals surface area contributed by atoms with Gasteiger partial charge in [0.15, 0.2) is 0 Å². The molecule has 1 atom stereocenters. The number of benzene rings is 1. The van der Waals surface area contributed by atoms with Gasteiger partial charge in [0, 0.05) is 25.2 Å². The highest BCUT2D eigenvalue weighted by molar-refractivity contribution is 5.91. The Balaban J connectivity index is 2.46. The number of aliphatic carboxylic acids is 1. The molecule has 0 fully saturated rings. The van der Waals surface area contributed by atoms with Gasteiger partial charge in [-0.15, -0.1) is 0 Å². The summed E-state index contributed by atoms with van der Waals surface area (Å²) in [5, 5.41) is 11.5. The largest absolute Gasteiger partial charge is 0.481 e. The normalized spacial score (nSPS) is 11.7. The van der Waals surface area contributed by atoms with Crippen LogP contribution in [0, 0.1) is 5.92 Å². The number of amides is 2. The van der Waals surface area contributed by atoms with Gasteiger partial charge in [0.1, 0.15) is 0 Å². The van der Waals surface area contributed by atoms with E-state index < -0.39 is 5.97 Å². The van der Waals surface area contributed by atoms with E-state index in [0.717, 1.165) is 5.69 Å². The molecule has 0 bridgehead atoms. The van der Waals surface area contributed by atoms with Crippen LogP contribution >= 0.6 is 0 Å². The molecule has 0 aliphatic rings. The predicted molar refractivity (Wildman–Crippen MR) is 78.9 cm³/mol. The number of nitrogens with one attached hydrogen (secondary N) is 1. The van der Waals surface area contributed by atoms with Crippen LogP contribution in [0.4, 0.5) is 10.5 Å². The van der Waals surface area contributed by atoms with Gasteiger partial charge in [0.25, 0.3) is 0 Å². The van der Waals surface area contributed by atoms with E-state index in [0.29, 0.717) is 19.5 Å². The monoisotopic (exact) mass is 278 g/mol. The fraction of sp³-hybridized carbons (Fsp3) is 0.467. The van der Waals surface area contributed by atoms with Crippen molar-refractivity contribution in [3.05, 3.63) is 30.3 Å². The fourth-order valence-corrected chi connectivity index (χ4v) is 1.88. The lowest BCUT2D eigenvalue weighted by atomic mass is 10.1. The van der Waals surface area contributed by atoms with Crippen LogP contribution in [0.3, 0.4) is 0 Å². The average Bonchev–Trinajstić information content (AvgIpc) is 2.45. The Morgan fingerprint density at radius 3 is 2.50 bits per heavy atom. The molecule has 1 unspecified atom stereocenters. The maximum atomic E-state index is 12.1. The molecule has 0 aliphatic heterocycles. The molecule has 110 valence electrons. The van der Waals surface area contributed by atoms with Crippen molar-refractivity contribution in [1.29, 1.82) is 0 Å². The SMILES string of the molecule is CCN(C(=O)NCC(C)CCC(=O)O)c1ccccc1. The second-order valence-corrected chi connectivity index (χ2v) is 4.80. The van der Waals surface area contributed by atoms with E-state index in [1.165, 1.54) is 0 Å². The Morgan fingerprint density at radius 2 is 1.95 bits per heavy atom. The van der Waals surface area contributed by atoms with Gasteiger partial charge in [0.2, 0.25) is 0 Å². The molecule has 0 heterocycles. The van der Waals surface area contributed by atoms with Crippen molar-refractivity contribution < 1.29 is 14.7 Å². The summed E-state index contributed by atoms with van der Waals surface area (Å²) in [7, 11) is 0. The van der Waals surface area contributed by atoms with Crippen molar-refractivity contribution in [2.24, 2.45) is 5.92 Å². The zero-order chi connectivity index (χ0) is 15.0. The molecule has 0 saturated carbocycles. The van der Waals surface area contributed by atoms with E-state index in [4.69, 9.17) is 5.11 Å². The van der Waals surface area contributed by atoms with Gasteiger partial charge in [-0.2, -0.15) is 0 Å². The number of carboxylic acids is 1. The van der Waals surface area contributed by atoms with Crippen molar-refractivity contribution in [1.82, 2.24) is 5.32 Å². The molecular formula is C15H22N2O3. The Labute approximate surface area is 119 Å². The van der Waals surface area contributed by atoms with Crippen molar-refractivity contribution in [2.75, 3.05) is 18.0 Å². The molecule has 5 nitrogen and oxygen atoms in total. The minimum absolute atomic E-state index is 0.132. The quantitative estimate of drug-likeness (QED) is 0.805. The number of nitrogens with zero attached hydrogens (tertiary/aromatic N) is 1.